The molecule has 1 fully saturated rings. The van der Waals surface area contributed by atoms with Crippen molar-refractivity contribution in [3.8, 4) is 0 Å². The van der Waals surface area contributed by atoms with Crippen molar-refractivity contribution >= 4 is 62.3 Å². The Morgan fingerprint density at radius 1 is 0.844 bits per heavy atom. The van der Waals surface area contributed by atoms with Gasteiger partial charge in [-0.15, -0.1) is 0 Å². The number of piperazine rings is 1. The summed E-state index contributed by atoms with van der Waals surface area (Å²) >= 11 is 16.0. The van der Waals surface area contributed by atoms with Crippen molar-refractivity contribution in [2.45, 2.75) is 0 Å². The molecule has 0 aliphatic carbocycles. The minimum atomic E-state index is -0.312. The van der Waals surface area contributed by atoms with E-state index in [0.29, 0.717) is 53.0 Å². The fourth-order valence-corrected chi connectivity index (χ4v) is 4.49. The maximum Gasteiger partial charge on any atom is 0.257 e. The standard InChI is InChI=1S/C24H20BrCl2N3O2/c25-17-6-8-20(26)19(14-17)23(31)28-18-7-9-22(21(27)15-18)29-10-12-30(13-11-29)24(32)16-4-2-1-3-5-16/h1-9,14-15H,10-13H2,(H,28,31). The molecule has 3 aromatic rings. The van der Waals surface area contributed by atoms with Gasteiger partial charge in [-0.05, 0) is 48.5 Å². The van der Waals surface area contributed by atoms with Gasteiger partial charge in [-0.25, -0.2) is 0 Å². The Morgan fingerprint density at radius 2 is 1.56 bits per heavy atom. The fourth-order valence-electron chi connectivity index (χ4n) is 3.62. The van der Waals surface area contributed by atoms with Crippen molar-refractivity contribution in [3.63, 3.8) is 0 Å². The lowest BCUT2D eigenvalue weighted by atomic mass is 10.1. The monoisotopic (exact) mass is 531 g/mol. The van der Waals surface area contributed by atoms with E-state index < -0.39 is 0 Å². The number of anilines is 2. The molecule has 1 aliphatic rings. The van der Waals surface area contributed by atoms with E-state index in [1.165, 1.54) is 0 Å². The number of nitrogens with zero attached hydrogens (tertiary/aromatic N) is 2. The number of carbonyl (C=O) groups is 2. The Morgan fingerprint density at radius 3 is 2.25 bits per heavy atom. The van der Waals surface area contributed by atoms with Crippen molar-refractivity contribution < 1.29 is 9.59 Å². The third-order valence-electron chi connectivity index (χ3n) is 5.31. The van der Waals surface area contributed by atoms with Crippen LogP contribution in [0.25, 0.3) is 0 Å². The molecule has 0 spiro atoms. The van der Waals surface area contributed by atoms with Gasteiger partial charge in [-0.2, -0.15) is 0 Å². The molecule has 2 amide bonds. The molecule has 3 aromatic carbocycles. The summed E-state index contributed by atoms with van der Waals surface area (Å²) < 4.78 is 0.769. The molecule has 1 N–H and O–H groups in total. The van der Waals surface area contributed by atoms with Crippen LogP contribution >= 0.6 is 39.1 Å². The molecule has 8 heteroatoms. The molecule has 0 unspecified atom stereocenters. The zero-order valence-electron chi connectivity index (χ0n) is 17.0. The van der Waals surface area contributed by atoms with Crippen LogP contribution in [0.15, 0.2) is 71.2 Å². The number of rotatable bonds is 4. The maximum absolute atomic E-state index is 12.6. The van der Waals surface area contributed by atoms with Crippen LogP contribution in [0.5, 0.6) is 0 Å². The summed E-state index contributed by atoms with van der Waals surface area (Å²) in [6.07, 6.45) is 0. The second kappa shape index (κ2) is 9.94. The average Bonchev–Trinajstić information content (AvgIpc) is 2.81. The van der Waals surface area contributed by atoms with Crippen molar-refractivity contribution in [3.05, 3.63) is 92.4 Å². The highest BCUT2D eigenvalue weighted by molar-refractivity contribution is 9.10. The van der Waals surface area contributed by atoms with E-state index in [-0.39, 0.29) is 11.8 Å². The highest BCUT2D eigenvalue weighted by Crippen LogP contribution is 2.30. The second-order valence-corrected chi connectivity index (χ2v) is 9.12. The summed E-state index contributed by atoms with van der Waals surface area (Å²) in [7, 11) is 0. The zero-order chi connectivity index (χ0) is 22.7. The summed E-state index contributed by atoms with van der Waals surface area (Å²) in [5, 5.41) is 3.74. The molecule has 164 valence electrons. The van der Waals surface area contributed by atoms with E-state index in [1.807, 2.05) is 47.4 Å². The molecule has 1 aliphatic heterocycles. The van der Waals surface area contributed by atoms with E-state index in [2.05, 4.69) is 26.1 Å². The molecule has 4 rings (SSSR count). The number of benzene rings is 3. The van der Waals surface area contributed by atoms with Gasteiger partial charge in [-0.3, -0.25) is 9.59 Å². The molecule has 0 bridgehead atoms. The Bertz CT molecular complexity index is 1150. The first-order valence-electron chi connectivity index (χ1n) is 10.1. The van der Waals surface area contributed by atoms with Gasteiger partial charge in [0, 0.05) is 41.9 Å². The summed E-state index contributed by atoms with van der Waals surface area (Å²) in [5.74, 6) is -0.270. The zero-order valence-corrected chi connectivity index (χ0v) is 20.1. The number of carbonyl (C=O) groups excluding carboxylic acids is 2. The van der Waals surface area contributed by atoms with Gasteiger partial charge in [0.05, 0.1) is 21.3 Å². The molecule has 0 aromatic heterocycles. The minimum absolute atomic E-state index is 0.0422. The molecule has 0 atom stereocenters. The van der Waals surface area contributed by atoms with Gasteiger partial charge in [0.2, 0.25) is 0 Å². The van der Waals surface area contributed by atoms with Gasteiger partial charge in [0.25, 0.3) is 11.8 Å². The number of nitrogens with one attached hydrogen (secondary N) is 1. The average molecular weight is 533 g/mol. The Labute approximate surface area is 205 Å². The molecule has 1 saturated heterocycles. The van der Waals surface area contributed by atoms with E-state index in [4.69, 9.17) is 23.2 Å². The lowest BCUT2D eigenvalue weighted by Gasteiger charge is -2.36. The summed E-state index contributed by atoms with van der Waals surface area (Å²) in [5.41, 5.74) is 2.53. The summed E-state index contributed by atoms with van der Waals surface area (Å²) in [4.78, 5) is 29.2. The lowest BCUT2D eigenvalue weighted by Crippen LogP contribution is -2.48. The van der Waals surface area contributed by atoms with E-state index >= 15 is 0 Å². The number of hydrogen-bond donors (Lipinski definition) is 1. The first-order chi connectivity index (χ1) is 15.4. The topological polar surface area (TPSA) is 52.7 Å². The summed E-state index contributed by atoms with van der Waals surface area (Å²) in [6.45, 7) is 2.59. The predicted octanol–water partition coefficient (Wildman–Crippen LogP) is 5.97. The minimum Gasteiger partial charge on any atom is -0.367 e. The van der Waals surface area contributed by atoms with Crippen LogP contribution in [0.2, 0.25) is 10.0 Å². The van der Waals surface area contributed by atoms with Crippen molar-refractivity contribution in [2.75, 3.05) is 36.4 Å². The SMILES string of the molecule is O=C(Nc1ccc(N2CCN(C(=O)c3ccccc3)CC2)c(Cl)c1)c1cc(Br)ccc1Cl. The molecule has 5 nitrogen and oxygen atoms in total. The van der Waals surface area contributed by atoms with Crippen LogP contribution < -0.4 is 10.2 Å². The van der Waals surface area contributed by atoms with E-state index in [1.54, 1.807) is 24.3 Å². The highest BCUT2D eigenvalue weighted by atomic mass is 79.9. The molecule has 1 heterocycles. The first-order valence-corrected chi connectivity index (χ1v) is 11.6. The van der Waals surface area contributed by atoms with Crippen molar-refractivity contribution in [1.82, 2.24) is 4.90 Å². The van der Waals surface area contributed by atoms with Gasteiger partial charge in [-0.1, -0.05) is 57.3 Å². The Kier molecular flexibility index (Phi) is 7.04. The van der Waals surface area contributed by atoms with Gasteiger partial charge in [0.1, 0.15) is 0 Å². The normalized spacial score (nSPS) is 13.7. The van der Waals surface area contributed by atoms with Crippen LogP contribution in [-0.2, 0) is 0 Å². The summed E-state index contributed by atoms with van der Waals surface area (Å²) in [6, 6.07) is 19.8. The third kappa shape index (κ3) is 5.09. The van der Waals surface area contributed by atoms with Gasteiger partial charge < -0.3 is 15.1 Å². The highest BCUT2D eigenvalue weighted by Gasteiger charge is 2.23. The molecular formula is C24H20BrCl2N3O2. The smallest absolute Gasteiger partial charge is 0.257 e. The molecule has 0 radical (unpaired) electrons. The molecular weight excluding hydrogens is 513 g/mol. The van der Waals surface area contributed by atoms with Gasteiger partial charge in [0.15, 0.2) is 0 Å². The predicted molar refractivity (Wildman–Crippen MR) is 133 cm³/mol. The number of halogens is 3. The lowest BCUT2D eigenvalue weighted by molar-refractivity contribution is 0.0746. The van der Waals surface area contributed by atoms with Crippen LogP contribution in [0.1, 0.15) is 20.7 Å². The molecule has 0 saturated carbocycles. The quantitative estimate of drug-likeness (QED) is 0.450. The fraction of sp³-hybridized carbons (Fsp3) is 0.167. The first kappa shape index (κ1) is 22.6. The number of amides is 2. The van der Waals surface area contributed by atoms with Gasteiger partial charge >= 0.3 is 0 Å². The van der Waals surface area contributed by atoms with Crippen molar-refractivity contribution in [2.24, 2.45) is 0 Å². The van der Waals surface area contributed by atoms with Crippen LogP contribution in [-0.4, -0.2) is 42.9 Å². The number of hydrogen-bond acceptors (Lipinski definition) is 3. The second-order valence-electron chi connectivity index (χ2n) is 7.39. The third-order valence-corrected chi connectivity index (χ3v) is 6.43. The van der Waals surface area contributed by atoms with Crippen molar-refractivity contribution in [1.29, 1.82) is 0 Å². The van der Waals surface area contributed by atoms with Crippen LogP contribution in [0.3, 0.4) is 0 Å². The maximum atomic E-state index is 12.6. The van der Waals surface area contributed by atoms with Crippen LogP contribution in [0, 0.1) is 0 Å². The largest absolute Gasteiger partial charge is 0.367 e. The van der Waals surface area contributed by atoms with E-state index in [9.17, 15) is 9.59 Å². The van der Waals surface area contributed by atoms with E-state index in [0.717, 1.165) is 10.2 Å². The van der Waals surface area contributed by atoms with Crippen LogP contribution in [0.4, 0.5) is 11.4 Å². The Balaban J connectivity index is 1.40. The Hall–Kier alpha value is -2.54. The molecule has 32 heavy (non-hydrogen) atoms.